The molecule has 13 heteroatoms. The van der Waals surface area contributed by atoms with Gasteiger partial charge in [-0.2, -0.15) is 5.26 Å². The number of hydrogen-bond donors (Lipinski definition) is 5. The normalized spacial score (nSPS) is 17.7. The smallest absolute Gasteiger partial charge is 0.250 e. The van der Waals surface area contributed by atoms with Gasteiger partial charge < -0.3 is 33.7 Å². The van der Waals surface area contributed by atoms with Crippen LogP contribution in [0.1, 0.15) is 12.6 Å². The third-order valence-electron chi connectivity index (χ3n) is 7.17. The van der Waals surface area contributed by atoms with E-state index in [-0.39, 0.29) is 0 Å². The van der Waals surface area contributed by atoms with Crippen LogP contribution >= 0.6 is 12.9 Å². The summed E-state index contributed by atoms with van der Waals surface area (Å²) in [5.41, 5.74) is 3.39. The number of aliphatic hydroxyl groups excluding tert-OH is 3. The number of thiol groups is 1. The lowest BCUT2D eigenvalue weighted by Gasteiger charge is -2.29. The average molecular weight is 603 g/mol. The number of nitrogens with zero attached hydrogens (tertiary/aromatic N) is 3. The van der Waals surface area contributed by atoms with Crippen LogP contribution in [0.3, 0.4) is 0 Å². The highest BCUT2D eigenvalue weighted by Crippen LogP contribution is 2.29. The molecule has 0 radical (unpaired) electrons. The number of benzene rings is 2. The first kappa shape index (κ1) is 31.0. The summed E-state index contributed by atoms with van der Waals surface area (Å²) in [6.45, 7) is 3.91. The van der Waals surface area contributed by atoms with Crippen molar-refractivity contribution in [3.05, 3.63) is 59.1 Å². The molecule has 0 spiro atoms. The fourth-order valence-corrected chi connectivity index (χ4v) is 5.81. The van der Waals surface area contributed by atoms with Crippen molar-refractivity contribution in [1.82, 2.24) is 9.29 Å². The molecule has 0 amide bonds. The molecule has 220 valence electrons. The standard InChI is InChI=1S/C28H34N4O7S2/c1-18(33)27(34)28(35)26(39-40)17-30-41(36,37)24(16-29)15-22-7-8-25(31(22)2)21-4-3-20-14-23(6-5-19(20)13-21)32-9-11-38-12-10-32/h3-8,13-15,18,26-28,30,33-35,40H,9-12,17H2,1-2H3/b24-15+/t18-,26+,27+,28+/m0/s1. The molecule has 2 aromatic carbocycles. The van der Waals surface area contributed by atoms with Crippen molar-refractivity contribution in [2.24, 2.45) is 7.05 Å². The van der Waals surface area contributed by atoms with Gasteiger partial charge in [-0.1, -0.05) is 18.2 Å². The van der Waals surface area contributed by atoms with Crippen LogP contribution in [0.2, 0.25) is 0 Å². The number of aromatic nitrogens is 1. The van der Waals surface area contributed by atoms with E-state index in [0.29, 0.717) is 18.9 Å². The highest BCUT2D eigenvalue weighted by atomic mass is 32.2. The number of ether oxygens (including phenoxy) is 1. The zero-order chi connectivity index (χ0) is 29.7. The van der Waals surface area contributed by atoms with E-state index in [2.05, 4.69) is 52.9 Å². The largest absolute Gasteiger partial charge is 0.391 e. The molecule has 2 heterocycles. The van der Waals surface area contributed by atoms with E-state index in [4.69, 9.17) is 8.92 Å². The minimum absolute atomic E-state index is 0.483. The number of sulfonamides is 1. The molecule has 0 unspecified atom stereocenters. The van der Waals surface area contributed by atoms with Crippen LogP contribution in [-0.4, -0.2) is 85.6 Å². The topological polar surface area (TPSA) is 157 Å². The highest BCUT2D eigenvalue weighted by Gasteiger charge is 2.31. The van der Waals surface area contributed by atoms with Gasteiger partial charge in [0, 0.05) is 43.8 Å². The van der Waals surface area contributed by atoms with E-state index in [1.54, 1.807) is 23.8 Å². The number of anilines is 1. The Morgan fingerprint density at radius 1 is 1.12 bits per heavy atom. The number of nitriles is 1. The molecule has 4 atom stereocenters. The van der Waals surface area contributed by atoms with Crippen LogP contribution in [0.25, 0.3) is 28.1 Å². The molecule has 0 bridgehead atoms. The third-order valence-corrected chi connectivity index (χ3v) is 8.78. The minimum atomic E-state index is -4.31. The van der Waals surface area contributed by atoms with Crippen molar-refractivity contribution in [1.29, 1.82) is 5.26 Å². The number of fused-ring (bicyclic) bond motifs is 1. The number of nitrogens with one attached hydrogen (secondary N) is 1. The quantitative estimate of drug-likeness (QED) is 0.125. The molecular weight excluding hydrogens is 568 g/mol. The highest BCUT2D eigenvalue weighted by molar-refractivity contribution is 7.93. The summed E-state index contributed by atoms with van der Waals surface area (Å²) in [6.07, 6.45) is -4.56. The van der Waals surface area contributed by atoms with Crippen molar-refractivity contribution in [2.45, 2.75) is 31.3 Å². The van der Waals surface area contributed by atoms with E-state index < -0.39 is 45.9 Å². The fraction of sp³-hybridized carbons (Fsp3) is 0.393. The van der Waals surface area contributed by atoms with Gasteiger partial charge in [0.2, 0.25) is 0 Å². The SMILES string of the molecule is C[C@H](O)[C@@H](O)[C@H](O)[C@@H](CNS(=O)(=O)/C(C#N)=C/c1ccc(-c2ccc3cc(N4CCOCC4)ccc3c2)n1C)OS. The van der Waals surface area contributed by atoms with Crippen molar-refractivity contribution in [2.75, 3.05) is 37.7 Å². The first-order chi connectivity index (χ1) is 19.6. The maximum absolute atomic E-state index is 12.9. The molecule has 1 aliphatic heterocycles. The predicted octanol–water partition coefficient (Wildman–Crippen LogP) is 1.80. The molecule has 3 aromatic rings. The molecular formula is C28H34N4O7S2. The zero-order valence-corrected chi connectivity index (χ0v) is 24.4. The lowest BCUT2D eigenvalue weighted by atomic mass is 10.0. The summed E-state index contributed by atoms with van der Waals surface area (Å²) in [4.78, 5) is 1.75. The van der Waals surface area contributed by atoms with Crippen LogP contribution in [0.5, 0.6) is 0 Å². The Hall–Kier alpha value is -2.93. The van der Waals surface area contributed by atoms with Crippen LogP contribution in [0.15, 0.2) is 53.4 Å². The molecule has 1 fully saturated rings. The fourth-order valence-electron chi connectivity index (χ4n) is 4.67. The van der Waals surface area contributed by atoms with Crippen LogP contribution in [0, 0.1) is 11.3 Å². The zero-order valence-electron chi connectivity index (χ0n) is 22.7. The van der Waals surface area contributed by atoms with Crippen molar-refractivity contribution in [3.63, 3.8) is 0 Å². The van der Waals surface area contributed by atoms with Gasteiger partial charge in [0.05, 0.1) is 19.3 Å². The van der Waals surface area contributed by atoms with Gasteiger partial charge in [-0.25, -0.2) is 13.1 Å². The Labute approximate surface area is 244 Å². The van der Waals surface area contributed by atoms with Gasteiger partial charge >= 0.3 is 0 Å². The van der Waals surface area contributed by atoms with Gasteiger partial charge in [-0.05, 0) is 72.6 Å². The maximum atomic E-state index is 12.9. The van der Waals surface area contributed by atoms with Gasteiger partial charge in [0.1, 0.15) is 24.4 Å². The van der Waals surface area contributed by atoms with Gasteiger partial charge in [0.15, 0.2) is 4.91 Å². The number of hydrogen-bond acceptors (Lipinski definition) is 10. The molecule has 41 heavy (non-hydrogen) atoms. The molecule has 0 saturated carbocycles. The summed E-state index contributed by atoms with van der Waals surface area (Å²) in [5, 5.41) is 41.3. The number of rotatable bonds is 11. The maximum Gasteiger partial charge on any atom is 0.250 e. The van der Waals surface area contributed by atoms with Crippen LogP contribution < -0.4 is 9.62 Å². The van der Waals surface area contributed by atoms with Gasteiger partial charge in [-0.15, -0.1) is 0 Å². The van der Waals surface area contributed by atoms with E-state index >= 15 is 0 Å². The van der Waals surface area contributed by atoms with Crippen molar-refractivity contribution < 1.29 is 32.7 Å². The van der Waals surface area contributed by atoms with E-state index in [1.165, 1.54) is 13.0 Å². The lowest BCUT2D eigenvalue weighted by Crippen LogP contribution is -2.48. The van der Waals surface area contributed by atoms with E-state index in [1.807, 2.05) is 12.1 Å². The van der Waals surface area contributed by atoms with Crippen LogP contribution in [-0.2, 0) is 26.0 Å². The van der Waals surface area contributed by atoms with Gasteiger partial charge in [-0.3, -0.25) is 0 Å². The minimum Gasteiger partial charge on any atom is -0.391 e. The summed E-state index contributed by atoms with van der Waals surface area (Å²) in [6, 6.07) is 17.7. The Morgan fingerprint density at radius 3 is 2.46 bits per heavy atom. The number of aliphatic hydroxyl groups is 3. The Balaban J connectivity index is 1.53. The Bertz CT molecular complexity index is 1540. The Morgan fingerprint density at radius 2 is 1.80 bits per heavy atom. The van der Waals surface area contributed by atoms with Crippen LogP contribution in [0.4, 0.5) is 5.69 Å². The second-order valence-electron chi connectivity index (χ2n) is 9.89. The van der Waals surface area contributed by atoms with Crippen molar-refractivity contribution >= 4 is 45.5 Å². The predicted molar refractivity (Wildman–Crippen MR) is 159 cm³/mol. The molecule has 1 saturated heterocycles. The third kappa shape index (κ3) is 7.11. The molecule has 11 nitrogen and oxygen atoms in total. The van der Waals surface area contributed by atoms with E-state index in [0.717, 1.165) is 40.8 Å². The monoisotopic (exact) mass is 602 g/mol. The second-order valence-corrected chi connectivity index (χ2v) is 11.8. The second kappa shape index (κ2) is 13.4. The summed E-state index contributed by atoms with van der Waals surface area (Å²) >= 11 is 3.63. The van der Waals surface area contributed by atoms with Crippen molar-refractivity contribution in [3.8, 4) is 17.3 Å². The molecule has 1 aromatic heterocycles. The molecule has 4 rings (SSSR count). The molecule has 0 aliphatic carbocycles. The first-order valence-electron chi connectivity index (χ1n) is 13.0. The first-order valence-corrected chi connectivity index (χ1v) is 14.9. The summed E-state index contributed by atoms with van der Waals surface area (Å²) in [5.74, 6) is 0. The average Bonchev–Trinajstić information content (AvgIpc) is 3.34. The van der Waals surface area contributed by atoms with E-state index in [9.17, 15) is 29.0 Å². The number of allylic oxidation sites excluding steroid dienone is 1. The molecule has 1 aliphatic rings. The Kier molecular flexibility index (Phi) is 10.1. The summed E-state index contributed by atoms with van der Waals surface area (Å²) < 4.78 is 40.0. The lowest BCUT2D eigenvalue weighted by molar-refractivity contribution is -0.0872. The van der Waals surface area contributed by atoms with Gasteiger partial charge in [0.25, 0.3) is 10.0 Å². The summed E-state index contributed by atoms with van der Waals surface area (Å²) in [7, 11) is -2.54. The molecule has 4 N–H and O–H groups in total. The number of morpholine rings is 1.